The molecule has 0 heterocycles. The molecule has 3 N–H and O–H groups in total. The summed E-state index contributed by atoms with van der Waals surface area (Å²) in [5.41, 5.74) is -1.22. The van der Waals surface area contributed by atoms with Gasteiger partial charge in [0, 0.05) is 0 Å². The van der Waals surface area contributed by atoms with Gasteiger partial charge in [-0.15, -0.1) is 0 Å². The van der Waals surface area contributed by atoms with Crippen LogP contribution in [-0.2, 0) is 9.59 Å². The summed E-state index contributed by atoms with van der Waals surface area (Å²) in [6, 6.07) is 0. The average Bonchev–Trinajstić information content (AvgIpc) is 2.65. The second-order valence-corrected chi connectivity index (χ2v) is 14.4. The lowest BCUT2D eigenvalue weighted by atomic mass is 9.40. The lowest BCUT2D eigenvalue weighted by molar-refractivity contribution is -0.221. The summed E-state index contributed by atoms with van der Waals surface area (Å²) < 4.78 is 0. The molecule has 8 rings (SSSR count). The first-order chi connectivity index (χ1) is 15.3. The van der Waals surface area contributed by atoms with Crippen molar-refractivity contribution in [3.05, 3.63) is 0 Å². The zero-order chi connectivity index (χ0) is 24.0. The number of aliphatic hydroxyl groups is 1. The van der Waals surface area contributed by atoms with E-state index in [9.17, 15) is 24.9 Å². The summed E-state index contributed by atoms with van der Waals surface area (Å²) in [7, 11) is 0. The van der Waals surface area contributed by atoms with E-state index < -0.39 is 23.0 Å². The third-order valence-corrected chi connectivity index (χ3v) is 11.5. The minimum atomic E-state index is -0.692. The van der Waals surface area contributed by atoms with E-state index >= 15 is 0 Å². The average molecular weight is 493 g/mol. The topological polar surface area (TPSA) is 94.8 Å². The number of carboxylic acids is 2. The van der Waals surface area contributed by atoms with Crippen LogP contribution in [0.25, 0.3) is 0 Å². The Labute approximate surface area is 213 Å². The molecule has 6 atom stereocenters. The molecule has 8 saturated carbocycles. The SMILES string of the molecule is C.C.CC(C)C12CC3CC(CC(C(=O)O)(C3)C1)C2.CC(C)C12CC3CC(O)(CC(C(=O)O)(C3)C1)C2. The van der Waals surface area contributed by atoms with Crippen LogP contribution >= 0.6 is 0 Å². The van der Waals surface area contributed by atoms with Crippen molar-refractivity contribution in [2.45, 2.75) is 125 Å². The maximum absolute atomic E-state index is 11.6. The molecule has 0 aromatic carbocycles. The molecule has 6 unspecified atom stereocenters. The van der Waals surface area contributed by atoms with Crippen molar-refractivity contribution >= 4 is 11.9 Å². The number of carboxylic acid groups (broad SMARTS) is 2. The largest absolute Gasteiger partial charge is 0.481 e. The minimum absolute atomic E-state index is 0. The van der Waals surface area contributed by atoms with Gasteiger partial charge in [0.05, 0.1) is 16.4 Å². The first-order valence-corrected chi connectivity index (χ1v) is 13.4. The van der Waals surface area contributed by atoms with Gasteiger partial charge in [-0.25, -0.2) is 0 Å². The number of aliphatic carboxylic acids is 2. The van der Waals surface area contributed by atoms with Crippen LogP contribution in [0.5, 0.6) is 0 Å². The zero-order valence-electron chi connectivity index (χ0n) is 21.0. The molecule has 202 valence electrons. The van der Waals surface area contributed by atoms with Crippen molar-refractivity contribution in [2.24, 2.45) is 51.2 Å². The Bertz CT molecular complexity index is 834. The molecule has 8 aliphatic rings. The molecular formula is C30H52O5. The van der Waals surface area contributed by atoms with E-state index in [0.29, 0.717) is 41.4 Å². The maximum Gasteiger partial charge on any atom is 0.309 e. The standard InChI is InChI=1S/C14H22O3.C14H22O2.2CH4/c1-9(2)12-3-10-4-13(6-12,11(15)16)8-14(17,5-10)7-12;1-9(2)13-4-10-3-11(5-13)7-14(6-10,8-13)12(15)16;;/h9-10,17H,3-8H2,1-2H3,(H,15,16);9-11H,3-8H2,1-2H3,(H,15,16);2*1H4. The van der Waals surface area contributed by atoms with E-state index in [1.54, 1.807) is 0 Å². The fourth-order valence-electron chi connectivity index (χ4n) is 10.6. The number of rotatable bonds is 4. The van der Waals surface area contributed by atoms with Gasteiger partial charge >= 0.3 is 11.9 Å². The van der Waals surface area contributed by atoms with E-state index in [-0.39, 0.29) is 25.7 Å². The summed E-state index contributed by atoms with van der Waals surface area (Å²) in [6.45, 7) is 8.96. The molecular weight excluding hydrogens is 440 g/mol. The number of hydrogen-bond donors (Lipinski definition) is 3. The third kappa shape index (κ3) is 4.26. The van der Waals surface area contributed by atoms with Crippen molar-refractivity contribution in [1.82, 2.24) is 0 Å². The Morgan fingerprint density at radius 1 is 0.629 bits per heavy atom. The second kappa shape index (κ2) is 8.74. The summed E-state index contributed by atoms with van der Waals surface area (Å²) in [4.78, 5) is 23.3. The summed E-state index contributed by atoms with van der Waals surface area (Å²) >= 11 is 0. The van der Waals surface area contributed by atoms with Crippen LogP contribution in [-0.4, -0.2) is 32.9 Å². The number of carbonyl (C=O) groups is 2. The van der Waals surface area contributed by atoms with Gasteiger partial charge in [-0.05, 0) is 117 Å². The van der Waals surface area contributed by atoms with Gasteiger partial charge in [-0.1, -0.05) is 42.5 Å². The van der Waals surface area contributed by atoms with Crippen molar-refractivity contribution in [3.8, 4) is 0 Å². The van der Waals surface area contributed by atoms with Crippen LogP contribution < -0.4 is 0 Å². The summed E-state index contributed by atoms with van der Waals surface area (Å²) in [5.74, 6) is 1.78. The normalized spacial score (nSPS) is 48.1. The monoisotopic (exact) mass is 492 g/mol. The van der Waals surface area contributed by atoms with Gasteiger partial charge in [-0.3, -0.25) is 9.59 Å². The van der Waals surface area contributed by atoms with E-state index in [0.717, 1.165) is 51.4 Å². The van der Waals surface area contributed by atoms with Crippen LogP contribution in [0.3, 0.4) is 0 Å². The summed E-state index contributed by atoms with van der Waals surface area (Å²) in [6.07, 6.45) is 11.6. The molecule has 0 aromatic heterocycles. The molecule has 0 radical (unpaired) electrons. The van der Waals surface area contributed by atoms with Crippen LogP contribution in [0.2, 0.25) is 0 Å². The molecule has 0 amide bonds. The van der Waals surface area contributed by atoms with Gasteiger partial charge in [0.1, 0.15) is 0 Å². The van der Waals surface area contributed by atoms with Crippen LogP contribution in [0.15, 0.2) is 0 Å². The van der Waals surface area contributed by atoms with Crippen molar-refractivity contribution in [3.63, 3.8) is 0 Å². The molecule has 8 bridgehead atoms. The zero-order valence-corrected chi connectivity index (χ0v) is 21.0. The molecule has 0 aromatic rings. The predicted molar refractivity (Wildman–Crippen MR) is 139 cm³/mol. The van der Waals surface area contributed by atoms with Crippen LogP contribution in [0.1, 0.15) is 120 Å². The smallest absolute Gasteiger partial charge is 0.309 e. The predicted octanol–water partition coefficient (Wildman–Crippen LogP) is 7.01. The van der Waals surface area contributed by atoms with Crippen molar-refractivity contribution in [1.29, 1.82) is 0 Å². The molecule has 8 aliphatic carbocycles. The fraction of sp³-hybridized carbons (Fsp3) is 0.933. The van der Waals surface area contributed by atoms with Crippen molar-refractivity contribution < 1.29 is 24.9 Å². The lowest BCUT2D eigenvalue weighted by Crippen LogP contribution is -2.63. The minimum Gasteiger partial charge on any atom is -0.481 e. The van der Waals surface area contributed by atoms with Crippen molar-refractivity contribution in [2.75, 3.05) is 0 Å². The highest BCUT2D eigenvalue weighted by Crippen LogP contribution is 2.69. The Kier molecular flexibility index (Phi) is 7.11. The Morgan fingerprint density at radius 2 is 1.09 bits per heavy atom. The molecule has 35 heavy (non-hydrogen) atoms. The van der Waals surface area contributed by atoms with E-state index in [1.807, 2.05) is 0 Å². The third-order valence-electron chi connectivity index (χ3n) is 11.5. The van der Waals surface area contributed by atoms with Gasteiger partial charge in [0.2, 0.25) is 0 Å². The maximum atomic E-state index is 11.6. The van der Waals surface area contributed by atoms with E-state index in [2.05, 4.69) is 27.7 Å². The Hall–Kier alpha value is -1.10. The lowest BCUT2D eigenvalue weighted by Gasteiger charge is -2.65. The van der Waals surface area contributed by atoms with E-state index in [1.165, 1.54) is 19.3 Å². The molecule has 8 fully saturated rings. The number of hydrogen-bond acceptors (Lipinski definition) is 3. The Balaban J connectivity index is 0.000000185. The Morgan fingerprint density at radius 3 is 1.54 bits per heavy atom. The first-order valence-electron chi connectivity index (χ1n) is 13.4. The quantitative estimate of drug-likeness (QED) is 0.392. The van der Waals surface area contributed by atoms with Gasteiger partial charge in [0.25, 0.3) is 0 Å². The highest BCUT2D eigenvalue weighted by molar-refractivity contribution is 5.76. The molecule has 0 aliphatic heterocycles. The highest BCUT2D eigenvalue weighted by atomic mass is 16.4. The first kappa shape index (κ1) is 28.5. The molecule has 0 saturated heterocycles. The van der Waals surface area contributed by atoms with Gasteiger partial charge < -0.3 is 15.3 Å². The summed E-state index contributed by atoms with van der Waals surface area (Å²) in [5, 5.41) is 29.8. The molecule has 5 heteroatoms. The van der Waals surface area contributed by atoms with Crippen LogP contribution in [0, 0.1) is 51.2 Å². The second-order valence-electron chi connectivity index (χ2n) is 14.4. The van der Waals surface area contributed by atoms with Gasteiger partial charge in [0.15, 0.2) is 0 Å². The molecule has 0 spiro atoms. The van der Waals surface area contributed by atoms with Gasteiger partial charge in [-0.2, -0.15) is 0 Å². The van der Waals surface area contributed by atoms with Crippen LogP contribution in [0.4, 0.5) is 0 Å². The highest BCUT2D eigenvalue weighted by Gasteiger charge is 2.66. The van der Waals surface area contributed by atoms with E-state index in [4.69, 9.17) is 0 Å². The molecule has 5 nitrogen and oxygen atoms in total. The fourth-order valence-corrected chi connectivity index (χ4v) is 10.6.